The molecule has 0 saturated heterocycles. The fraction of sp³-hybridized carbons (Fsp3) is 0.875. The van der Waals surface area contributed by atoms with Crippen molar-refractivity contribution in [3.05, 3.63) is 0 Å². The highest BCUT2D eigenvalue weighted by molar-refractivity contribution is 5.87. The first-order valence-electron chi connectivity index (χ1n) is 3.62. The Bertz CT molecular complexity index is 122. The van der Waals surface area contributed by atoms with Gasteiger partial charge in [-0.1, -0.05) is 27.7 Å². The van der Waals surface area contributed by atoms with E-state index in [1.54, 1.807) is 6.92 Å². The monoisotopic (exact) mass is 144 g/mol. The van der Waals surface area contributed by atoms with Gasteiger partial charge >= 0.3 is 0 Å². The molecule has 1 N–H and O–H groups in total. The van der Waals surface area contributed by atoms with E-state index in [1.165, 1.54) is 0 Å². The number of hydrogen-bond donors (Lipinski definition) is 1. The molecule has 0 spiro atoms. The summed E-state index contributed by atoms with van der Waals surface area (Å²) in [7, 11) is 0. The SMILES string of the molecule is CC[C@H](O)C(=O)C(C)(C)C. The number of aliphatic hydroxyl groups is 1. The molecule has 0 heterocycles. The van der Waals surface area contributed by atoms with Crippen LogP contribution in [0.4, 0.5) is 0 Å². The van der Waals surface area contributed by atoms with E-state index in [1.807, 2.05) is 20.8 Å². The van der Waals surface area contributed by atoms with Crippen molar-refractivity contribution >= 4 is 5.78 Å². The zero-order valence-corrected chi connectivity index (χ0v) is 7.14. The molecule has 0 aliphatic carbocycles. The van der Waals surface area contributed by atoms with Gasteiger partial charge in [-0.05, 0) is 6.42 Å². The second-order valence-electron chi connectivity index (χ2n) is 3.54. The minimum atomic E-state index is -0.778. The molecule has 2 heteroatoms. The first-order chi connectivity index (χ1) is 4.39. The molecule has 0 amide bonds. The second-order valence-corrected chi connectivity index (χ2v) is 3.54. The molecule has 0 aliphatic rings. The van der Waals surface area contributed by atoms with Crippen LogP contribution in [0.5, 0.6) is 0 Å². The summed E-state index contributed by atoms with van der Waals surface area (Å²) in [4.78, 5) is 11.1. The molecule has 0 bridgehead atoms. The molecule has 2 nitrogen and oxygen atoms in total. The van der Waals surface area contributed by atoms with Crippen LogP contribution in [0, 0.1) is 5.41 Å². The van der Waals surface area contributed by atoms with Gasteiger partial charge in [0.1, 0.15) is 6.10 Å². The Morgan fingerprint density at radius 3 is 2.00 bits per heavy atom. The van der Waals surface area contributed by atoms with Gasteiger partial charge in [0, 0.05) is 5.41 Å². The van der Waals surface area contributed by atoms with E-state index >= 15 is 0 Å². The lowest BCUT2D eigenvalue weighted by atomic mass is 9.87. The van der Waals surface area contributed by atoms with Gasteiger partial charge in [0.05, 0.1) is 0 Å². The van der Waals surface area contributed by atoms with Crippen LogP contribution in [0.1, 0.15) is 34.1 Å². The summed E-state index contributed by atoms with van der Waals surface area (Å²) >= 11 is 0. The van der Waals surface area contributed by atoms with Crippen molar-refractivity contribution in [3.63, 3.8) is 0 Å². The summed E-state index contributed by atoms with van der Waals surface area (Å²) in [6.45, 7) is 7.24. The van der Waals surface area contributed by atoms with Gasteiger partial charge in [-0.3, -0.25) is 4.79 Å². The fourth-order valence-corrected chi connectivity index (χ4v) is 0.685. The summed E-state index contributed by atoms with van der Waals surface area (Å²) in [5, 5.41) is 9.11. The van der Waals surface area contributed by atoms with Crippen molar-refractivity contribution in [2.75, 3.05) is 0 Å². The number of rotatable bonds is 2. The third-order valence-corrected chi connectivity index (χ3v) is 1.43. The molecule has 0 aromatic rings. The van der Waals surface area contributed by atoms with E-state index in [4.69, 9.17) is 5.11 Å². The number of Topliss-reactive ketones (excluding diaryl/α,β-unsaturated/α-hetero) is 1. The van der Waals surface area contributed by atoms with Crippen LogP contribution in [0.2, 0.25) is 0 Å². The van der Waals surface area contributed by atoms with E-state index in [2.05, 4.69) is 0 Å². The Kier molecular flexibility index (Phi) is 3.03. The lowest BCUT2D eigenvalue weighted by Crippen LogP contribution is -2.31. The van der Waals surface area contributed by atoms with Crippen molar-refractivity contribution < 1.29 is 9.90 Å². The minimum absolute atomic E-state index is 0.0741. The molecule has 0 saturated carbocycles. The minimum Gasteiger partial charge on any atom is -0.385 e. The van der Waals surface area contributed by atoms with E-state index in [9.17, 15) is 4.79 Å². The van der Waals surface area contributed by atoms with Gasteiger partial charge in [0.15, 0.2) is 5.78 Å². The van der Waals surface area contributed by atoms with Gasteiger partial charge in [0.25, 0.3) is 0 Å². The van der Waals surface area contributed by atoms with Crippen molar-refractivity contribution in [2.24, 2.45) is 5.41 Å². The third kappa shape index (κ3) is 2.48. The van der Waals surface area contributed by atoms with Crippen molar-refractivity contribution in [1.82, 2.24) is 0 Å². The third-order valence-electron chi connectivity index (χ3n) is 1.43. The maximum Gasteiger partial charge on any atom is 0.166 e. The van der Waals surface area contributed by atoms with Crippen molar-refractivity contribution in [2.45, 2.75) is 40.2 Å². The lowest BCUT2D eigenvalue weighted by molar-refractivity contribution is -0.134. The van der Waals surface area contributed by atoms with Crippen LogP contribution in [0.25, 0.3) is 0 Å². The van der Waals surface area contributed by atoms with E-state index < -0.39 is 11.5 Å². The highest BCUT2D eigenvalue weighted by Gasteiger charge is 2.26. The summed E-state index contributed by atoms with van der Waals surface area (Å²) < 4.78 is 0. The number of carbonyl (C=O) groups excluding carboxylic acids is 1. The van der Waals surface area contributed by atoms with Crippen LogP contribution < -0.4 is 0 Å². The molecule has 0 radical (unpaired) electrons. The Hall–Kier alpha value is -0.370. The lowest BCUT2D eigenvalue weighted by Gasteiger charge is -2.19. The predicted molar refractivity (Wildman–Crippen MR) is 40.8 cm³/mol. The topological polar surface area (TPSA) is 37.3 Å². The Morgan fingerprint density at radius 2 is 1.90 bits per heavy atom. The van der Waals surface area contributed by atoms with E-state index in [0.717, 1.165) is 0 Å². The zero-order valence-electron chi connectivity index (χ0n) is 7.14. The van der Waals surface area contributed by atoms with E-state index in [0.29, 0.717) is 6.42 Å². The highest BCUT2D eigenvalue weighted by atomic mass is 16.3. The molecular formula is C8H16O2. The molecule has 0 unspecified atom stereocenters. The van der Waals surface area contributed by atoms with Gasteiger partial charge in [0.2, 0.25) is 0 Å². The first kappa shape index (κ1) is 9.63. The van der Waals surface area contributed by atoms with Crippen molar-refractivity contribution in [1.29, 1.82) is 0 Å². The number of aliphatic hydroxyl groups excluding tert-OH is 1. The van der Waals surface area contributed by atoms with Crippen LogP contribution in [-0.2, 0) is 4.79 Å². The highest BCUT2D eigenvalue weighted by Crippen LogP contribution is 2.17. The van der Waals surface area contributed by atoms with E-state index in [-0.39, 0.29) is 5.78 Å². The maximum absolute atomic E-state index is 11.1. The Labute approximate surface area is 62.2 Å². The van der Waals surface area contributed by atoms with Crippen LogP contribution >= 0.6 is 0 Å². The van der Waals surface area contributed by atoms with Gasteiger partial charge in [-0.2, -0.15) is 0 Å². The number of ketones is 1. The zero-order chi connectivity index (χ0) is 8.36. The molecule has 1 atom stereocenters. The number of hydrogen-bond acceptors (Lipinski definition) is 2. The van der Waals surface area contributed by atoms with Crippen LogP contribution in [-0.4, -0.2) is 17.0 Å². The molecule has 0 rings (SSSR count). The summed E-state index contributed by atoms with van der Waals surface area (Å²) in [5.41, 5.74) is -0.407. The Morgan fingerprint density at radius 1 is 1.50 bits per heavy atom. The standard InChI is InChI=1S/C8H16O2/c1-5-6(9)7(10)8(2,3)4/h6,9H,5H2,1-4H3/t6-/m0/s1. The first-order valence-corrected chi connectivity index (χ1v) is 3.62. The molecule has 0 aromatic carbocycles. The van der Waals surface area contributed by atoms with Crippen LogP contribution in [0.15, 0.2) is 0 Å². The quantitative estimate of drug-likeness (QED) is 0.635. The second kappa shape index (κ2) is 3.15. The van der Waals surface area contributed by atoms with Gasteiger partial charge in [-0.25, -0.2) is 0 Å². The predicted octanol–water partition coefficient (Wildman–Crippen LogP) is 1.37. The summed E-state index contributed by atoms with van der Waals surface area (Å²) in [5.74, 6) is -0.0741. The Balaban J connectivity index is 4.09. The largest absolute Gasteiger partial charge is 0.385 e. The summed E-state index contributed by atoms with van der Waals surface area (Å²) in [6.07, 6.45) is -0.268. The molecule has 0 fully saturated rings. The van der Waals surface area contributed by atoms with Gasteiger partial charge < -0.3 is 5.11 Å². The van der Waals surface area contributed by atoms with Crippen molar-refractivity contribution in [3.8, 4) is 0 Å². The smallest absolute Gasteiger partial charge is 0.166 e. The van der Waals surface area contributed by atoms with Crippen LogP contribution in [0.3, 0.4) is 0 Å². The molecule has 60 valence electrons. The molecule has 0 aliphatic heterocycles. The summed E-state index contributed by atoms with van der Waals surface area (Å²) in [6, 6.07) is 0. The molecule has 10 heavy (non-hydrogen) atoms. The number of carbonyl (C=O) groups is 1. The molecule has 0 aromatic heterocycles. The fourth-order valence-electron chi connectivity index (χ4n) is 0.685. The maximum atomic E-state index is 11.1. The molecular weight excluding hydrogens is 128 g/mol. The average Bonchev–Trinajstić information content (AvgIpc) is 1.83. The normalized spacial score (nSPS) is 14.9. The van der Waals surface area contributed by atoms with Gasteiger partial charge in [-0.15, -0.1) is 0 Å². The average molecular weight is 144 g/mol.